The van der Waals surface area contributed by atoms with E-state index < -0.39 is 0 Å². The smallest absolute Gasteiger partial charge is 0.0557 e. The van der Waals surface area contributed by atoms with Gasteiger partial charge in [0.25, 0.3) is 0 Å². The van der Waals surface area contributed by atoms with E-state index in [1.165, 1.54) is 18.5 Å². The third-order valence-corrected chi connectivity index (χ3v) is 3.65. The van der Waals surface area contributed by atoms with Crippen molar-refractivity contribution in [3.63, 3.8) is 0 Å². The minimum Gasteiger partial charge on any atom is -0.381 e. The highest BCUT2D eigenvalue weighted by Crippen LogP contribution is 2.28. The molecule has 2 atom stereocenters. The molecule has 0 amide bonds. The molecular weight excluding hydrogens is 226 g/mol. The van der Waals surface area contributed by atoms with Gasteiger partial charge >= 0.3 is 0 Å². The predicted molar refractivity (Wildman–Crippen MR) is 72.5 cm³/mol. The lowest BCUT2D eigenvalue weighted by molar-refractivity contribution is 0.0377. The second-order valence-electron chi connectivity index (χ2n) is 4.98. The predicted octanol–water partition coefficient (Wildman–Crippen LogP) is 2.37. The molecule has 0 bridgehead atoms. The third kappa shape index (κ3) is 3.12. The Hall–Kier alpha value is -0.870. The van der Waals surface area contributed by atoms with E-state index in [2.05, 4.69) is 35.0 Å². The standard InChI is InChI=1S/C14H25N3O/c1-3-8-15-14(12-6-5-10-18-11-12)13-7-9-16-17(13)4-2/h7,9,12,14-15H,3-6,8,10-11H2,1-2H3. The molecule has 1 aromatic rings. The number of hydrogen-bond acceptors (Lipinski definition) is 3. The zero-order chi connectivity index (χ0) is 12.8. The van der Waals surface area contributed by atoms with Gasteiger partial charge in [-0.25, -0.2) is 0 Å². The Balaban J connectivity index is 2.12. The summed E-state index contributed by atoms with van der Waals surface area (Å²) in [6, 6.07) is 2.53. The minimum atomic E-state index is 0.382. The van der Waals surface area contributed by atoms with E-state index in [0.29, 0.717) is 12.0 Å². The summed E-state index contributed by atoms with van der Waals surface area (Å²) >= 11 is 0. The van der Waals surface area contributed by atoms with Crippen molar-refractivity contribution in [3.8, 4) is 0 Å². The fourth-order valence-electron chi connectivity index (χ4n) is 2.71. The van der Waals surface area contributed by atoms with Crippen LogP contribution in [-0.2, 0) is 11.3 Å². The van der Waals surface area contributed by atoms with Crippen LogP contribution in [0.25, 0.3) is 0 Å². The number of rotatable bonds is 6. The fourth-order valence-corrected chi connectivity index (χ4v) is 2.71. The molecule has 4 heteroatoms. The van der Waals surface area contributed by atoms with Crippen LogP contribution in [0.4, 0.5) is 0 Å². The Labute approximate surface area is 110 Å². The molecule has 1 saturated heterocycles. The molecular formula is C14H25N3O. The molecule has 18 heavy (non-hydrogen) atoms. The minimum absolute atomic E-state index is 0.382. The van der Waals surface area contributed by atoms with Gasteiger partial charge in [0.05, 0.1) is 18.3 Å². The summed E-state index contributed by atoms with van der Waals surface area (Å²) in [5, 5.41) is 8.07. The van der Waals surface area contributed by atoms with Crippen LogP contribution in [0.15, 0.2) is 12.3 Å². The average Bonchev–Trinajstić information content (AvgIpc) is 2.89. The highest BCUT2D eigenvalue weighted by atomic mass is 16.5. The molecule has 1 fully saturated rings. The van der Waals surface area contributed by atoms with Gasteiger partial charge in [0.1, 0.15) is 0 Å². The van der Waals surface area contributed by atoms with E-state index in [0.717, 1.165) is 32.7 Å². The summed E-state index contributed by atoms with van der Waals surface area (Å²) in [5.41, 5.74) is 1.31. The van der Waals surface area contributed by atoms with E-state index in [1.54, 1.807) is 0 Å². The highest BCUT2D eigenvalue weighted by molar-refractivity contribution is 5.09. The van der Waals surface area contributed by atoms with E-state index >= 15 is 0 Å². The van der Waals surface area contributed by atoms with Crippen molar-refractivity contribution in [1.82, 2.24) is 15.1 Å². The van der Waals surface area contributed by atoms with Gasteiger partial charge in [-0.2, -0.15) is 5.10 Å². The summed E-state index contributed by atoms with van der Waals surface area (Å²) in [6.07, 6.45) is 5.49. The number of nitrogens with zero attached hydrogens (tertiary/aromatic N) is 2. The van der Waals surface area contributed by atoms with E-state index in [-0.39, 0.29) is 0 Å². The zero-order valence-corrected chi connectivity index (χ0v) is 11.6. The summed E-state index contributed by atoms with van der Waals surface area (Å²) in [6.45, 7) is 8.12. The topological polar surface area (TPSA) is 39.1 Å². The lowest BCUT2D eigenvalue weighted by Crippen LogP contribution is -2.35. The van der Waals surface area contributed by atoms with Gasteiger partial charge in [0.15, 0.2) is 0 Å². The van der Waals surface area contributed by atoms with Gasteiger partial charge in [-0.1, -0.05) is 6.92 Å². The number of hydrogen-bond donors (Lipinski definition) is 1. The van der Waals surface area contributed by atoms with Gasteiger partial charge in [-0.05, 0) is 38.8 Å². The van der Waals surface area contributed by atoms with Crippen molar-refractivity contribution in [3.05, 3.63) is 18.0 Å². The van der Waals surface area contributed by atoms with Gasteiger partial charge in [-0.15, -0.1) is 0 Å². The van der Waals surface area contributed by atoms with Gasteiger partial charge in [-0.3, -0.25) is 4.68 Å². The maximum Gasteiger partial charge on any atom is 0.0557 e. The SMILES string of the molecule is CCCNC(c1ccnn1CC)C1CCCOC1. The van der Waals surface area contributed by atoms with Crippen LogP contribution in [-0.4, -0.2) is 29.5 Å². The maximum absolute atomic E-state index is 5.64. The molecule has 2 rings (SSSR count). The van der Waals surface area contributed by atoms with Crippen LogP contribution in [0.3, 0.4) is 0 Å². The van der Waals surface area contributed by atoms with Crippen LogP contribution >= 0.6 is 0 Å². The largest absolute Gasteiger partial charge is 0.381 e. The Morgan fingerprint density at radius 1 is 1.56 bits per heavy atom. The molecule has 0 aliphatic carbocycles. The average molecular weight is 251 g/mol. The molecule has 102 valence electrons. The molecule has 0 aromatic carbocycles. The van der Waals surface area contributed by atoms with Crippen molar-refractivity contribution < 1.29 is 4.74 Å². The Morgan fingerprint density at radius 3 is 3.11 bits per heavy atom. The molecule has 0 saturated carbocycles. The van der Waals surface area contributed by atoms with Crippen molar-refractivity contribution in [2.75, 3.05) is 19.8 Å². The van der Waals surface area contributed by atoms with Crippen LogP contribution in [0.1, 0.15) is 44.8 Å². The first kappa shape index (κ1) is 13.6. The first-order chi connectivity index (χ1) is 8.86. The number of aromatic nitrogens is 2. The van der Waals surface area contributed by atoms with Crippen LogP contribution in [0, 0.1) is 5.92 Å². The lowest BCUT2D eigenvalue weighted by atomic mass is 9.91. The molecule has 1 aliphatic heterocycles. The maximum atomic E-state index is 5.64. The molecule has 2 heterocycles. The van der Waals surface area contributed by atoms with Crippen LogP contribution < -0.4 is 5.32 Å². The molecule has 4 nitrogen and oxygen atoms in total. The number of ether oxygens (including phenoxy) is 1. The second kappa shape index (κ2) is 6.90. The van der Waals surface area contributed by atoms with Gasteiger partial charge in [0, 0.05) is 25.3 Å². The molecule has 1 aliphatic rings. The number of nitrogens with one attached hydrogen (secondary N) is 1. The van der Waals surface area contributed by atoms with Gasteiger partial charge in [0.2, 0.25) is 0 Å². The molecule has 1 aromatic heterocycles. The Kier molecular flexibility index (Phi) is 5.20. The quantitative estimate of drug-likeness (QED) is 0.843. The monoisotopic (exact) mass is 251 g/mol. The van der Waals surface area contributed by atoms with Crippen molar-refractivity contribution >= 4 is 0 Å². The molecule has 2 unspecified atom stereocenters. The van der Waals surface area contributed by atoms with Crippen molar-refractivity contribution in [1.29, 1.82) is 0 Å². The van der Waals surface area contributed by atoms with Crippen LogP contribution in [0.5, 0.6) is 0 Å². The van der Waals surface area contributed by atoms with E-state index in [1.807, 2.05) is 6.20 Å². The summed E-state index contributed by atoms with van der Waals surface area (Å²) in [4.78, 5) is 0. The van der Waals surface area contributed by atoms with Crippen molar-refractivity contribution in [2.45, 2.75) is 45.7 Å². The lowest BCUT2D eigenvalue weighted by Gasteiger charge is -2.31. The first-order valence-electron chi connectivity index (χ1n) is 7.19. The second-order valence-corrected chi connectivity index (χ2v) is 4.98. The van der Waals surface area contributed by atoms with Gasteiger partial charge < -0.3 is 10.1 Å². The highest BCUT2D eigenvalue weighted by Gasteiger charge is 2.27. The summed E-state index contributed by atoms with van der Waals surface area (Å²) < 4.78 is 7.74. The van der Waals surface area contributed by atoms with Crippen molar-refractivity contribution in [2.24, 2.45) is 5.92 Å². The Morgan fingerprint density at radius 2 is 2.44 bits per heavy atom. The summed E-state index contributed by atoms with van der Waals surface area (Å²) in [5.74, 6) is 0.576. The fraction of sp³-hybridized carbons (Fsp3) is 0.786. The molecule has 1 N–H and O–H groups in total. The van der Waals surface area contributed by atoms with E-state index in [4.69, 9.17) is 4.74 Å². The first-order valence-corrected chi connectivity index (χ1v) is 7.19. The molecule has 0 radical (unpaired) electrons. The third-order valence-electron chi connectivity index (χ3n) is 3.65. The number of aryl methyl sites for hydroxylation is 1. The van der Waals surface area contributed by atoms with E-state index in [9.17, 15) is 0 Å². The van der Waals surface area contributed by atoms with Crippen LogP contribution in [0.2, 0.25) is 0 Å². The molecule has 0 spiro atoms. The zero-order valence-electron chi connectivity index (χ0n) is 11.6. The normalized spacial score (nSPS) is 22.0. The Bertz CT molecular complexity index is 345. The summed E-state index contributed by atoms with van der Waals surface area (Å²) in [7, 11) is 0.